The Bertz CT molecular complexity index is 1490. The van der Waals surface area contributed by atoms with E-state index in [9.17, 15) is 18.0 Å². The molecule has 1 fully saturated rings. The van der Waals surface area contributed by atoms with E-state index in [4.69, 9.17) is 9.72 Å². The number of aromatic nitrogens is 4. The Labute approximate surface area is 218 Å². The van der Waals surface area contributed by atoms with Crippen LogP contribution in [0.4, 0.5) is 19.0 Å². The Morgan fingerprint density at radius 2 is 1.95 bits per heavy atom. The largest absolute Gasteiger partial charge is 0.494 e. The third kappa shape index (κ3) is 5.20. The molecule has 2 aromatic carbocycles. The lowest BCUT2D eigenvalue weighted by Crippen LogP contribution is -2.20. The van der Waals surface area contributed by atoms with Gasteiger partial charge in [0, 0.05) is 17.2 Å². The number of hydrogen-bond donors (Lipinski definition) is 1. The second kappa shape index (κ2) is 10.1. The lowest BCUT2D eigenvalue weighted by molar-refractivity contribution is -0.137. The van der Waals surface area contributed by atoms with Crippen molar-refractivity contribution < 1.29 is 22.7 Å². The Balaban J connectivity index is 1.74. The van der Waals surface area contributed by atoms with Gasteiger partial charge in [-0.15, -0.1) is 0 Å². The topological polar surface area (TPSA) is 81.9 Å². The van der Waals surface area contributed by atoms with Crippen molar-refractivity contribution >= 4 is 23.3 Å². The summed E-state index contributed by atoms with van der Waals surface area (Å²) < 4.78 is 48.5. The van der Waals surface area contributed by atoms with Crippen LogP contribution in [0.2, 0.25) is 0 Å². The van der Waals surface area contributed by atoms with Gasteiger partial charge in [0.15, 0.2) is 23.6 Å². The summed E-state index contributed by atoms with van der Waals surface area (Å²) in [6.07, 6.45) is -1.75. The number of rotatable bonds is 9. The van der Waals surface area contributed by atoms with Crippen molar-refractivity contribution in [1.29, 1.82) is 0 Å². The molecule has 0 saturated heterocycles. The van der Waals surface area contributed by atoms with E-state index in [1.54, 1.807) is 11.5 Å². The second-order valence-electron chi connectivity index (χ2n) is 9.64. The first-order valence-electron chi connectivity index (χ1n) is 12.6. The zero-order valence-electron chi connectivity index (χ0n) is 21.3. The van der Waals surface area contributed by atoms with E-state index in [2.05, 4.69) is 15.3 Å². The molecule has 0 bridgehead atoms. The van der Waals surface area contributed by atoms with Gasteiger partial charge >= 0.3 is 6.18 Å². The van der Waals surface area contributed by atoms with Crippen molar-refractivity contribution in [2.45, 2.75) is 52.4 Å². The zero-order valence-corrected chi connectivity index (χ0v) is 21.3. The summed E-state index contributed by atoms with van der Waals surface area (Å²) in [6, 6.07) is 11.2. The highest BCUT2D eigenvalue weighted by Gasteiger charge is 2.32. The number of aryl methyl sites for hydroxylation is 1. The molecule has 198 valence electrons. The first-order valence-corrected chi connectivity index (χ1v) is 12.6. The third-order valence-electron chi connectivity index (χ3n) is 6.71. The number of carbonyl (C=O) groups is 1. The highest BCUT2D eigenvalue weighted by atomic mass is 19.4. The van der Waals surface area contributed by atoms with E-state index in [-0.39, 0.29) is 24.1 Å². The molecular weight excluding hydrogens is 495 g/mol. The van der Waals surface area contributed by atoms with Gasteiger partial charge in [-0.1, -0.05) is 23.8 Å². The highest BCUT2D eigenvalue weighted by molar-refractivity contribution is 5.89. The predicted molar refractivity (Wildman–Crippen MR) is 138 cm³/mol. The Hall–Kier alpha value is -3.95. The van der Waals surface area contributed by atoms with E-state index < -0.39 is 11.7 Å². The summed E-state index contributed by atoms with van der Waals surface area (Å²) in [5.74, 6) is 1.75. The van der Waals surface area contributed by atoms with Crippen molar-refractivity contribution in [3.63, 3.8) is 0 Å². The molecule has 0 unspecified atom stereocenters. The Kier molecular flexibility index (Phi) is 6.81. The second-order valence-corrected chi connectivity index (χ2v) is 9.64. The summed E-state index contributed by atoms with van der Waals surface area (Å²) in [7, 11) is 0. The van der Waals surface area contributed by atoms with Gasteiger partial charge in [0.25, 0.3) is 0 Å². The lowest BCUT2D eigenvalue weighted by Gasteiger charge is -2.18. The van der Waals surface area contributed by atoms with Crippen LogP contribution in [0.5, 0.6) is 5.75 Å². The van der Waals surface area contributed by atoms with E-state index in [1.807, 2.05) is 38.1 Å². The predicted octanol–water partition coefficient (Wildman–Crippen LogP) is 6.29. The van der Waals surface area contributed by atoms with E-state index in [0.29, 0.717) is 47.3 Å². The van der Waals surface area contributed by atoms with Crippen molar-refractivity contribution in [3.8, 4) is 17.1 Å². The molecule has 1 N–H and O–H groups in total. The van der Waals surface area contributed by atoms with Gasteiger partial charge in [-0.3, -0.25) is 4.79 Å². The molecule has 1 aliphatic rings. The van der Waals surface area contributed by atoms with Crippen molar-refractivity contribution in [3.05, 3.63) is 65.0 Å². The molecule has 7 nitrogen and oxygen atoms in total. The number of aldehydes is 1. The van der Waals surface area contributed by atoms with Crippen LogP contribution >= 0.6 is 0 Å². The molecule has 0 amide bonds. The number of alkyl halides is 3. The monoisotopic (exact) mass is 523 g/mol. The Morgan fingerprint density at radius 3 is 2.61 bits per heavy atom. The van der Waals surface area contributed by atoms with E-state index in [0.717, 1.165) is 36.1 Å². The molecular formula is C28H28F3N5O2. The number of nitrogens with one attached hydrogen (secondary N) is 1. The Morgan fingerprint density at radius 1 is 1.16 bits per heavy atom. The summed E-state index contributed by atoms with van der Waals surface area (Å²) in [5, 5.41) is 3.42. The summed E-state index contributed by atoms with van der Waals surface area (Å²) in [5.41, 5.74) is 2.14. The van der Waals surface area contributed by atoms with Crippen LogP contribution in [0.15, 0.2) is 42.5 Å². The zero-order chi connectivity index (χ0) is 27.0. The number of hydrogen-bond acceptors (Lipinski definition) is 6. The number of anilines is 1. The minimum atomic E-state index is -4.51. The number of halogens is 3. The number of fused-ring (bicyclic) bond motifs is 1. The van der Waals surface area contributed by atoms with E-state index >= 15 is 0 Å². The smallest absolute Gasteiger partial charge is 0.416 e. The number of ether oxygens (including phenoxy) is 1. The van der Waals surface area contributed by atoms with Crippen LogP contribution in [-0.4, -0.2) is 38.5 Å². The van der Waals surface area contributed by atoms with Crippen LogP contribution in [0.25, 0.3) is 22.6 Å². The van der Waals surface area contributed by atoms with Crippen LogP contribution < -0.4 is 10.1 Å². The molecule has 10 heteroatoms. The molecule has 1 saturated carbocycles. The van der Waals surface area contributed by atoms with Crippen LogP contribution in [0, 0.1) is 12.8 Å². The average molecular weight is 524 g/mol. The van der Waals surface area contributed by atoms with Gasteiger partial charge in [-0.2, -0.15) is 13.2 Å². The highest BCUT2D eigenvalue weighted by Crippen LogP contribution is 2.37. The number of carbonyl (C=O) groups excluding carboxylic acids is 1. The van der Waals surface area contributed by atoms with Crippen molar-refractivity contribution in [2.24, 2.45) is 5.92 Å². The number of imidazole rings is 1. The normalized spacial score (nSPS) is 14.5. The molecule has 1 atom stereocenters. The number of benzene rings is 2. The fourth-order valence-corrected chi connectivity index (χ4v) is 4.64. The summed E-state index contributed by atoms with van der Waals surface area (Å²) in [6.45, 7) is 6.10. The maximum atomic E-state index is 13.7. The maximum absolute atomic E-state index is 13.7. The van der Waals surface area contributed by atoms with Gasteiger partial charge in [0.2, 0.25) is 0 Å². The van der Waals surface area contributed by atoms with Crippen LogP contribution in [0.3, 0.4) is 0 Å². The SMILES string of the molecule is CCOc1ccc(C(F)(F)F)cc1Cn1c(-c2cccc(C)c2)nc2nc(C=O)nc(N[C@H](C)C3CC3)c21. The molecule has 0 radical (unpaired) electrons. The third-order valence-corrected chi connectivity index (χ3v) is 6.71. The minimum Gasteiger partial charge on any atom is -0.494 e. The van der Waals surface area contributed by atoms with Gasteiger partial charge in [0.05, 0.1) is 18.7 Å². The molecule has 2 aromatic heterocycles. The van der Waals surface area contributed by atoms with Gasteiger partial charge in [-0.05, 0) is 63.8 Å². The summed E-state index contributed by atoms with van der Waals surface area (Å²) in [4.78, 5) is 25.2. The van der Waals surface area contributed by atoms with Crippen molar-refractivity contribution in [1.82, 2.24) is 19.5 Å². The molecule has 0 aliphatic heterocycles. The molecule has 2 heterocycles. The maximum Gasteiger partial charge on any atom is 0.416 e. The van der Waals surface area contributed by atoms with Crippen LogP contribution in [-0.2, 0) is 12.7 Å². The standard InChI is InChI=1S/C28H28F3N5O2/c1-4-38-22-11-10-21(28(29,30)31)13-20(22)14-36-24-25(32-17(3)18-8-9-18)33-23(15-37)34-26(24)35-27(36)19-7-5-6-16(2)12-19/h5-7,10-13,15,17-18H,4,8-9,14H2,1-3H3,(H,32,33,34)/t17-/m1/s1. The molecule has 38 heavy (non-hydrogen) atoms. The van der Waals surface area contributed by atoms with Gasteiger partial charge in [-0.25, -0.2) is 15.0 Å². The first-order chi connectivity index (χ1) is 18.2. The average Bonchev–Trinajstić information content (AvgIpc) is 3.67. The summed E-state index contributed by atoms with van der Waals surface area (Å²) >= 11 is 0. The molecule has 4 aromatic rings. The van der Waals surface area contributed by atoms with Gasteiger partial charge < -0.3 is 14.6 Å². The first kappa shape index (κ1) is 25.7. The fourth-order valence-electron chi connectivity index (χ4n) is 4.64. The lowest BCUT2D eigenvalue weighted by atomic mass is 10.1. The fraction of sp³-hybridized carbons (Fsp3) is 0.357. The number of nitrogens with zero attached hydrogens (tertiary/aromatic N) is 4. The molecule has 0 spiro atoms. The van der Waals surface area contributed by atoms with Crippen LogP contribution in [0.1, 0.15) is 54.0 Å². The van der Waals surface area contributed by atoms with E-state index in [1.165, 1.54) is 6.07 Å². The molecule has 1 aliphatic carbocycles. The van der Waals surface area contributed by atoms with Crippen molar-refractivity contribution in [2.75, 3.05) is 11.9 Å². The quantitative estimate of drug-likeness (QED) is 0.260. The van der Waals surface area contributed by atoms with Gasteiger partial charge in [0.1, 0.15) is 17.1 Å². The molecule has 5 rings (SSSR count). The minimum absolute atomic E-state index is 0.0162.